The third-order valence-corrected chi connectivity index (χ3v) is 3.56. The van der Waals surface area contributed by atoms with Crippen molar-refractivity contribution in [2.45, 2.75) is 19.3 Å². The molecule has 3 heteroatoms. The molecule has 1 atom stereocenters. The van der Waals surface area contributed by atoms with Crippen LogP contribution < -0.4 is 10.5 Å². The van der Waals surface area contributed by atoms with Crippen molar-refractivity contribution in [1.29, 1.82) is 0 Å². The molecule has 106 valence electrons. The lowest BCUT2D eigenvalue weighted by atomic mass is 9.93. The standard InChI is InChI=1S/C17H20FNO/c1-12(9-10-19)13-7-8-17(20-2)15(11-13)14-5-3-4-6-16(14)18/h3-8,11-12H,9-10,19H2,1-2H3. The number of rotatable bonds is 5. The molecule has 2 nitrogen and oxygen atoms in total. The summed E-state index contributed by atoms with van der Waals surface area (Å²) in [4.78, 5) is 0. The molecule has 1 unspecified atom stereocenters. The van der Waals surface area contributed by atoms with Crippen molar-refractivity contribution in [2.75, 3.05) is 13.7 Å². The van der Waals surface area contributed by atoms with Crippen LogP contribution in [0.4, 0.5) is 4.39 Å². The molecule has 2 aromatic rings. The van der Waals surface area contributed by atoms with E-state index < -0.39 is 0 Å². The first kappa shape index (κ1) is 14.5. The molecule has 0 amide bonds. The van der Waals surface area contributed by atoms with Crippen LogP contribution in [0.15, 0.2) is 42.5 Å². The molecule has 0 aliphatic rings. The van der Waals surface area contributed by atoms with E-state index >= 15 is 0 Å². The van der Waals surface area contributed by atoms with Gasteiger partial charge in [0, 0.05) is 11.1 Å². The lowest BCUT2D eigenvalue weighted by Gasteiger charge is -2.15. The predicted molar refractivity (Wildman–Crippen MR) is 80.5 cm³/mol. The van der Waals surface area contributed by atoms with Gasteiger partial charge in [0.05, 0.1) is 7.11 Å². The normalized spacial score (nSPS) is 12.2. The van der Waals surface area contributed by atoms with E-state index in [0.29, 0.717) is 23.8 Å². The first-order valence-corrected chi connectivity index (χ1v) is 6.80. The van der Waals surface area contributed by atoms with Gasteiger partial charge in [-0.1, -0.05) is 31.2 Å². The van der Waals surface area contributed by atoms with E-state index in [9.17, 15) is 4.39 Å². The minimum Gasteiger partial charge on any atom is -0.496 e. The molecule has 0 spiro atoms. The van der Waals surface area contributed by atoms with E-state index in [0.717, 1.165) is 17.5 Å². The van der Waals surface area contributed by atoms with Gasteiger partial charge in [0.25, 0.3) is 0 Å². The van der Waals surface area contributed by atoms with Crippen LogP contribution >= 0.6 is 0 Å². The zero-order valence-electron chi connectivity index (χ0n) is 11.9. The predicted octanol–water partition coefficient (Wildman–Crippen LogP) is 3.95. The van der Waals surface area contributed by atoms with Gasteiger partial charge in [0.15, 0.2) is 0 Å². The van der Waals surface area contributed by atoms with Crippen LogP contribution in [0.25, 0.3) is 11.1 Å². The maximum Gasteiger partial charge on any atom is 0.131 e. The zero-order valence-corrected chi connectivity index (χ0v) is 11.9. The van der Waals surface area contributed by atoms with E-state index in [2.05, 4.69) is 6.92 Å². The first-order chi connectivity index (χ1) is 9.67. The maximum absolute atomic E-state index is 14.0. The number of halogens is 1. The summed E-state index contributed by atoms with van der Waals surface area (Å²) in [7, 11) is 1.60. The molecule has 0 aliphatic heterocycles. The van der Waals surface area contributed by atoms with E-state index in [4.69, 9.17) is 10.5 Å². The lowest BCUT2D eigenvalue weighted by Crippen LogP contribution is -2.05. The van der Waals surface area contributed by atoms with Crippen molar-refractivity contribution in [3.63, 3.8) is 0 Å². The summed E-state index contributed by atoms with van der Waals surface area (Å²) < 4.78 is 19.4. The highest BCUT2D eigenvalue weighted by Crippen LogP contribution is 2.34. The molecule has 0 aromatic heterocycles. The molecule has 0 saturated heterocycles. The summed E-state index contributed by atoms with van der Waals surface area (Å²) in [6.45, 7) is 2.77. The minimum absolute atomic E-state index is 0.241. The van der Waals surface area contributed by atoms with Crippen LogP contribution in [0.3, 0.4) is 0 Å². The second-order valence-electron chi connectivity index (χ2n) is 4.92. The van der Waals surface area contributed by atoms with Crippen molar-refractivity contribution >= 4 is 0 Å². The van der Waals surface area contributed by atoms with Crippen LogP contribution in [-0.2, 0) is 0 Å². The van der Waals surface area contributed by atoms with Crippen molar-refractivity contribution in [3.8, 4) is 16.9 Å². The van der Waals surface area contributed by atoms with Gasteiger partial charge in [-0.25, -0.2) is 4.39 Å². The van der Waals surface area contributed by atoms with Crippen molar-refractivity contribution in [2.24, 2.45) is 5.73 Å². The fourth-order valence-electron chi connectivity index (χ4n) is 2.34. The monoisotopic (exact) mass is 273 g/mol. The zero-order chi connectivity index (χ0) is 14.5. The summed E-state index contributed by atoms with van der Waals surface area (Å²) >= 11 is 0. The molecule has 20 heavy (non-hydrogen) atoms. The molecule has 0 fully saturated rings. The molecule has 0 bridgehead atoms. The smallest absolute Gasteiger partial charge is 0.131 e. The highest BCUT2D eigenvalue weighted by molar-refractivity contribution is 5.71. The number of ether oxygens (including phenoxy) is 1. The topological polar surface area (TPSA) is 35.2 Å². The average Bonchev–Trinajstić information content (AvgIpc) is 2.47. The van der Waals surface area contributed by atoms with Gasteiger partial charge in [-0.15, -0.1) is 0 Å². The molecule has 0 heterocycles. The molecule has 2 N–H and O–H groups in total. The van der Waals surface area contributed by atoms with Gasteiger partial charge in [0.1, 0.15) is 11.6 Å². The van der Waals surface area contributed by atoms with E-state index in [1.165, 1.54) is 6.07 Å². The molecule has 0 aliphatic carbocycles. The van der Waals surface area contributed by atoms with Crippen molar-refractivity contribution in [3.05, 3.63) is 53.8 Å². The van der Waals surface area contributed by atoms with Gasteiger partial charge in [-0.05, 0) is 42.6 Å². The average molecular weight is 273 g/mol. The van der Waals surface area contributed by atoms with Gasteiger partial charge in [0.2, 0.25) is 0 Å². The van der Waals surface area contributed by atoms with Crippen LogP contribution in [0.2, 0.25) is 0 Å². The summed E-state index contributed by atoms with van der Waals surface area (Å²) in [5, 5.41) is 0. The van der Waals surface area contributed by atoms with Gasteiger partial charge in [-0.2, -0.15) is 0 Å². The summed E-state index contributed by atoms with van der Waals surface area (Å²) in [5.41, 5.74) is 8.10. The number of nitrogens with two attached hydrogens (primary N) is 1. The van der Waals surface area contributed by atoms with E-state index in [1.54, 1.807) is 19.2 Å². The Hall–Kier alpha value is -1.87. The Bertz CT molecular complexity index is 583. The Morgan fingerprint density at radius 3 is 2.55 bits per heavy atom. The maximum atomic E-state index is 14.0. The summed E-state index contributed by atoms with van der Waals surface area (Å²) in [5.74, 6) is 0.782. The fourth-order valence-corrected chi connectivity index (χ4v) is 2.34. The highest BCUT2D eigenvalue weighted by atomic mass is 19.1. The van der Waals surface area contributed by atoms with Crippen LogP contribution in [-0.4, -0.2) is 13.7 Å². The Labute approximate surface area is 119 Å². The molecule has 2 aromatic carbocycles. The van der Waals surface area contributed by atoms with E-state index in [1.807, 2.05) is 24.3 Å². The molecule has 0 saturated carbocycles. The first-order valence-electron chi connectivity index (χ1n) is 6.80. The Morgan fingerprint density at radius 2 is 1.90 bits per heavy atom. The quantitative estimate of drug-likeness (QED) is 0.895. The van der Waals surface area contributed by atoms with Crippen LogP contribution in [0, 0.1) is 5.82 Å². The molecule has 2 rings (SSSR count). The van der Waals surface area contributed by atoms with Gasteiger partial charge >= 0.3 is 0 Å². The summed E-state index contributed by atoms with van der Waals surface area (Å²) in [6, 6.07) is 12.7. The van der Waals surface area contributed by atoms with E-state index in [-0.39, 0.29) is 5.82 Å². The third kappa shape index (κ3) is 2.99. The largest absolute Gasteiger partial charge is 0.496 e. The van der Waals surface area contributed by atoms with Gasteiger partial charge in [-0.3, -0.25) is 0 Å². The lowest BCUT2D eigenvalue weighted by molar-refractivity contribution is 0.416. The minimum atomic E-state index is -0.241. The number of methoxy groups -OCH3 is 1. The second-order valence-corrected chi connectivity index (χ2v) is 4.92. The Morgan fingerprint density at radius 1 is 1.15 bits per heavy atom. The van der Waals surface area contributed by atoms with Gasteiger partial charge < -0.3 is 10.5 Å². The third-order valence-electron chi connectivity index (χ3n) is 3.56. The summed E-state index contributed by atoms with van der Waals surface area (Å²) in [6.07, 6.45) is 0.906. The Balaban J connectivity index is 2.50. The number of benzene rings is 2. The number of hydrogen-bond acceptors (Lipinski definition) is 2. The van der Waals surface area contributed by atoms with Crippen LogP contribution in [0.1, 0.15) is 24.8 Å². The van der Waals surface area contributed by atoms with Crippen molar-refractivity contribution < 1.29 is 9.13 Å². The number of hydrogen-bond donors (Lipinski definition) is 1. The second kappa shape index (κ2) is 6.53. The highest BCUT2D eigenvalue weighted by Gasteiger charge is 2.13. The fraction of sp³-hybridized carbons (Fsp3) is 0.294. The molecular weight excluding hydrogens is 253 g/mol. The molecular formula is C17H20FNO. The Kier molecular flexibility index (Phi) is 4.74. The SMILES string of the molecule is COc1ccc(C(C)CCN)cc1-c1ccccc1F. The molecule has 0 radical (unpaired) electrons. The van der Waals surface area contributed by atoms with Crippen molar-refractivity contribution in [1.82, 2.24) is 0 Å². The van der Waals surface area contributed by atoms with Crippen LogP contribution in [0.5, 0.6) is 5.75 Å².